The average molecular weight is 292 g/mol. The van der Waals surface area contributed by atoms with Crippen LogP contribution in [0.1, 0.15) is 11.5 Å². The Morgan fingerprint density at radius 1 is 1.40 bits per heavy atom. The summed E-state index contributed by atoms with van der Waals surface area (Å²) >= 11 is 1.29. The molecule has 8 heteroatoms. The van der Waals surface area contributed by atoms with E-state index < -0.39 is 5.82 Å². The molecule has 3 rings (SSSR count). The first-order chi connectivity index (χ1) is 9.67. The van der Waals surface area contributed by atoms with E-state index in [1.807, 2.05) is 0 Å². The molecule has 102 valence electrons. The van der Waals surface area contributed by atoms with Crippen LogP contribution in [0.3, 0.4) is 0 Å². The number of thioether (sulfide) groups is 1. The standard InChI is InChI=1S/C12H9FN4O2S/c1-20-12-17-16-11(19-12)10-7-4-6(13)2-3-8(7)15-9(18)5-14-10/h2-4H,5H2,1H3,(H,15,18). The van der Waals surface area contributed by atoms with Crippen LogP contribution in [0.4, 0.5) is 10.1 Å². The molecular weight excluding hydrogens is 283 g/mol. The van der Waals surface area contributed by atoms with Crippen molar-refractivity contribution in [1.29, 1.82) is 0 Å². The Balaban J connectivity index is 2.14. The van der Waals surface area contributed by atoms with E-state index in [-0.39, 0.29) is 18.3 Å². The van der Waals surface area contributed by atoms with Crippen LogP contribution in [0.2, 0.25) is 0 Å². The number of rotatable bonds is 2. The molecule has 0 saturated carbocycles. The molecule has 0 spiro atoms. The second kappa shape index (κ2) is 5.04. The third-order valence-corrected chi connectivity index (χ3v) is 3.19. The summed E-state index contributed by atoms with van der Waals surface area (Å²) in [6.07, 6.45) is 1.80. The van der Waals surface area contributed by atoms with Gasteiger partial charge in [0.25, 0.3) is 11.1 Å². The summed E-state index contributed by atoms with van der Waals surface area (Å²) in [6.45, 7) is -0.0807. The summed E-state index contributed by atoms with van der Waals surface area (Å²) in [4.78, 5) is 15.7. The Morgan fingerprint density at radius 2 is 2.25 bits per heavy atom. The highest BCUT2D eigenvalue weighted by Gasteiger charge is 2.22. The molecule has 1 aliphatic heterocycles. The average Bonchev–Trinajstić information content (AvgIpc) is 2.84. The van der Waals surface area contributed by atoms with Gasteiger partial charge in [0.15, 0.2) is 0 Å². The van der Waals surface area contributed by atoms with Gasteiger partial charge in [-0.25, -0.2) is 4.39 Å². The molecule has 1 aromatic carbocycles. The first-order valence-corrected chi connectivity index (χ1v) is 6.92. The predicted molar refractivity (Wildman–Crippen MR) is 71.6 cm³/mol. The Labute approximate surface area is 117 Å². The van der Waals surface area contributed by atoms with E-state index in [1.165, 1.54) is 30.0 Å². The number of nitrogens with one attached hydrogen (secondary N) is 1. The Kier molecular flexibility index (Phi) is 3.23. The summed E-state index contributed by atoms with van der Waals surface area (Å²) < 4.78 is 18.9. The maximum Gasteiger partial charge on any atom is 0.276 e. The zero-order valence-electron chi connectivity index (χ0n) is 10.4. The van der Waals surface area contributed by atoms with Gasteiger partial charge in [-0.15, -0.1) is 10.2 Å². The summed E-state index contributed by atoms with van der Waals surface area (Å²) in [5, 5.41) is 10.7. The molecule has 1 amide bonds. The highest BCUT2D eigenvalue weighted by atomic mass is 32.2. The van der Waals surface area contributed by atoms with E-state index >= 15 is 0 Å². The molecule has 0 bridgehead atoms. The van der Waals surface area contributed by atoms with E-state index in [4.69, 9.17) is 4.42 Å². The van der Waals surface area contributed by atoms with Gasteiger partial charge in [0.2, 0.25) is 5.91 Å². The van der Waals surface area contributed by atoms with Crippen LogP contribution in [0.15, 0.2) is 32.8 Å². The van der Waals surface area contributed by atoms with Crippen LogP contribution < -0.4 is 5.32 Å². The number of fused-ring (bicyclic) bond motifs is 1. The van der Waals surface area contributed by atoms with Crippen LogP contribution in [-0.2, 0) is 4.79 Å². The van der Waals surface area contributed by atoms with Crippen molar-refractivity contribution in [2.24, 2.45) is 4.99 Å². The number of halogens is 1. The van der Waals surface area contributed by atoms with Crippen molar-refractivity contribution in [3.8, 4) is 0 Å². The highest BCUT2D eigenvalue weighted by molar-refractivity contribution is 7.98. The fourth-order valence-electron chi connectivity index (χ4n) is 1.82. The lowest BCUT2D eigenvalue weighted by Crippen LogP contribution is -2.13. The van der Waals surface area contributed by atoms with Crippen LogP contribution in [0.5, 0.6) is 0 Å². The van der Waals surface area contributed by atoms with Crippen molar-refractivity contribution in [2.45, 2.75) is 5.22 Å². The summed E-state index contributed by atoms with van der Waals surface area (Å²) in [7, 11) is 0. The molecule has 6 nitrogen and oxygen atoms in total. The number of carbonyl (C=O) groups excluding carboxylic acids is 1. The van der Waals surface area contributed by atoms with Crippen LogP contribution in [0, 0.1) is 5.82 Å². The summed E-state index contributed by atoms with van der Waals surface area (Å²) in [6, 6.07) is 4.03. The minimum Gasteiger partial charge on any atom is -0.410 e. The fraction of sp³-hybridized carbons (Fsp3) is 0.167. The number of nitrogens with zero attached hydrogens (tertiary/aromatic N) is 3. The number of aliphatic imine (C=N–C) groups is 1. The second-order valence-corrected chi connectivity index (χ2v) is 4.74. The van der Waals surface area contributed by atoms with Gasteiger partial charge < -0.3 is 9.73 Å². The fourth-order valence-corrected chi connectivity index (χ4v) is 2.10. The maximum absolute atomic E-state index is 13.4. The quantitative estimate of drug-likeness (QED) is 0.852. The molecule has 1 N–H and O–H groups in total. The zero-order chi connectivity index (χ0) is 14.1. The molecule has 0 atom stereocenters. The Bertz CT molecular complexity index is 713. The summed E-state index contributed by atoms with van der Waals surface area (Å²) in [5.41, 5.74) is 1.20. The molecule has 0 unspecified atom stereocenters. The van der Waals surface area contributed by atoms with E-state index in [0.717, 1.165) is 0 Å². The zero-order valence-corrected chi connectivity index (χ0v) is 11.2. The number of benzodiazepines with no additional fused rings is 1. The Hall–Kier alpha value is -2.22. The van der Waals surface area contributed by atoms with E-state index in [0.29, 0.717) is 22.2 Å². The number of benzene rings is 1. The molecule has 0 fully saturated rings. The van der Waals surface area contributed by atoms with E-state index in [2.05, 4.69) is 20.5 Å². The van der Waals surface area contributed by atoms with Gasteiger partial charge in [0.1, 0.15) is 18.1 Å². The van der Waals surface area contributed by atoms with Gasteiger partial charge in [-0.3, -0.25) is 9.79 Å². The molecule has 0 saturated heterocycles. The lowest BCUT2D eigenvalue weighted by atomic mass is 10.1. The first-order valence-electron chi connectivity index (χ1n) is 5.69. The lowest BCUT2D eigenvalue weighted by molar-refractivity contribution is -0.114. The third kappa shape index (κ3) is 2.29. The van der Waals surface area contributed by atoms with Crippen molar-refractivity contribution in [3.05, 3.63) is 35.5 Å². The number of amides is 1. The normalized spacial score (nSPS) is 14.3. The molecule has 2 heterocycles. The maximum atomic E-state index is 13.4. The van der Waals surface area contributed by atoms with Gasteiger partial charge in [-0.05, 0) is 24.5 Å². The topological polar surface area (TPSA) is 80.4 Å². The van der Waals surface area contributed by atoms with Gasteiger partial charge in [-0.1, -0.05) is 11.8 Å². The molecule has 0 aliphatic carbocycles. The number of carbonyl (C=O) groups is 1. The number of aromatic nitrogens is 2. The van der Waals surface area contributed by atoms with Gasteiger partial charge in [0, 0.05) is 5.56 Å². The van der Waals surface area contributed by atoms with E-state index in [1.54, 1.807) is 6.26 Å². The van der Waals surface area contributed by atoms with Gasteiger partial charge in [-0.2, -0.15) is 0 Å². The highest BCUT2D eigenvalue weighted by Crippen LogP contribution is 2.24. The number of hydrogen-bond acceptors (Lipinski definition) is 6. The Morgan fingerprint density at radius 3 is 3.00 bits per heavy atom. The smallest absolute Gasteiger partial charge is 0.276 e. The van der Waals surface area contributed by atoms with Crippen LogP contribution in [0.25, 0.3) is 0 Å². The molecule has 0 radical (unpaired) electrons. The first kappa shape index (κ1) is 12.8. The monoisotopic (exact) mass is 292 g/mol. The summed E-state index contributed by atoms with van der Waals surface area (Å²) in [5.74, 6) is -0.549. The van der Waals surface area contributed by atoms with Crippen LogP contribution >= 0.6 is 11.8 Å². The van der Waals surface area contributed by atoms with Crippen molar-refractivity contribution in [1.82, 2.24) is 10.2 Å². The van der Waals surface area contributed by atoms with E-state index in [9.17, 15) is 9.18 Å². The SMILES string of the molecule is CSc1nnc(C2=NCC(=O)Nc3ccc(F)cc32)o1. The minimum atomic E-state index is -0.433. The molecule has 1 aliphatic rings. The van der Waals surface area contributed by atoms with Gasteiger partial charge in [0.05, 0.1) is 5.69 Å². The molecule has 20 heavy (non-hydrogen) atoms. The molecular formula is C12H9FN4O2S. The number of anilines is 1. The van der Waals surface area contributed by atoms with Crippen molar-refractivity contribution in [3.63, 3.8) is 0 Å². The minimum absolute atomic E-state index is 0.0807. The van der Waals surface area contributed by atoms with Gasteiger partial charge >= 0.3 is 0 Å². The second-order valence-electron chi connectivity index (χ2n) is 3.98. The van der Waals surface area contributed by atoms with Crippen molar-refractivity contribution < 1.29 is 13.6 Å². The largest absolute Gasteiger partial charge is 0.410 e. The van der Waals surface area contributed by atoms with Crippen molar-refractivity contribution >= 4 is 29.1 Å². The molecule has 1 aromatic heterocycles. The lowest BCUT2D eigenvalue weighted by Gasteiger charge is -2.06. The van der Waals surface area contributed by atoms with Crippen molar-refractivity contribution in [2.75, 3.05) is 18.1 Å². The molecule has 2 aromatic rings. The number of hydrogen-bond donors (Lipinski definition) is 1. The van der Waals surface area contributed by atoms with Crippen LogP contribution in [-0.4, -0.2) is 34.6 Å². The third-order valence-electron chi connectivity index (χ3n) is 2.68. The predicted octanol–water partition coefficient (Wildman–Crippen LogP) is 1.72.